The average molecular weight is 383 g/mol. The highest BCUT2D eigenvalue weighted by molar-refractivity contribution is 5.90. The van der Waals surface area contributed by atoms with Crippen LogP contribution >= 0.6 is 24.8 Å². The first-order valence-corrected chi connectivity index (χ1v) is 8.04. The molecule has 1 saturated carbocycles. The van der Waals surface area contributed by atoms with E-state index in [0.717, 1.165) is 30.8 Å². The summed E-state index contributed by atoms with van der Waals surface area (Å²) in [5.41, 5.74) is 7.70. The monoisotopic (exact) mass is 382 g/mol. The van der Waals surface area contributed by atoms with E-state index in [1.54, 1.807) is 6.20 Å². The fourth-order valence-corrected chi connectivity index (χ4v) is 2.98. The fraction of sp³-hybridized carbons (Fsp3) is 0.333. The highest BCUT2D eigenvalue weighted by Gasteiger charge is 2.25. The molecule has 1 aliphatic rings. The lowest BCUT2D eigenvalue weighted by atomic mass is 10.00. The Balaban J connectivity index is 0.00000156. The number of rotatable bonds is 5. The molecule has 1 aromatic carbocycles. The molecule has 2 aromatic rings. The number of nitrogens with one attached hydrogen (secondary N) is 2. The van der Waals surface area contributed by atoms with Crippen molar-refractivity contribution in [1.82, 2.24) is 4.98 Å². The maximum Gasteiger partial charge on any atom is 0.224 e. The Hall–Kier alpha value is -1.82. The topological polar surface area (TPSA) is 80.0 Å². The van der Waals surface area contributed by atoms with Gasteiger partial charge in [-0.05, 0) is 43.0 Å². The van der Waals surface area contributed by atoms with Gasteiger partial charge in [0.15, 0.2) is 0 Å². The molecule has 5 nitrogen and oxygen atoms in total. The molecule has 3 rings (SSSR count). The molecule has 1 amide bonds. The molecule has 2 atom stereocenters. The van der Waals surface area contributed by atoms with E-state index in [1.165, 1.54) is 0 Å². The molecule has 25 heavy (non-hydrogen) atoms. The predicted molar refractivity (Wildman–Crippen MR) is 107 cm³/mol. The summed E-state index contributed by atoms with van der Waals surface area (Å²) in [5, 5.41) is 6.10. The normalized spacial score (nSPS) is 18.6. The minimum absolute atomic E-state index is 0. The number of halogens is 2. The lowest BCUT2D eigenvalue weighted by Gasteiger charge is -2.14. The van der Waals surface area contributed by atoms with Crippen LogP contribution < -0.4 is 16.4 Å². The second kappa shape index (κ2) is 10.2. The van der Waals surface area contributed by atoms with Crippen LogP contribution in [0.15, 0.2) is 48.7 Å². The van der Waals surface area contributed by atoms with E-state index in [2.05, 4.69) is 15.6 Å². The first-order valence-electron chi connectivity index (χ1n) is 8.04. The number of carbonyl (C=O) groups is 1. The minimum atomic E-state index is 0. The first kappa shape index (κ1) is 21.2. The van der Waals surface area contributed by atoms with E-state index in [1.807, 2.05) is 42.5 Å². The molecule has 1 heterocycles. The van der Waals surface area contributed by atoms with Crippen LogP contribution in [0, 0.1) is 5.92 Å². The quantitative estimate of drug-likeness (QED) is 0.726. The number of anilines is 3. The van der Waals surface area contributed by atoms with Crippen molar-refractivity contribution in [2.24, 2.45) is 11.7 Å². The summed E-state index contributed by atoms with van der Waals surface area (Å²) in [6.45, 7) is 0. The van der Waals surface area contributed by atoms with E-state index in [4.69, 9.17) is 5.73 Å². The summed E-state index contributed by atoms with van der Waals surface area (Å²) in [6, 6.07) is 13.7. The summed E-state index contributed by atoms with van der Waals surface area (Å²) >= 11 is 0. The Kier molecular flexibility index (Phi) is 8.69. The number of carbonyl (C=O) groups excluding carboxylic acids is 1. The van der Waals surface area contributed by atoms with Crippen molar-refractivity contribution in [2.75, 3.05) is 10.6 Å². The van der Waals surface area contributed by atoms with Crippen LogP contribution in [0.5, 0.6) is 0 Å². The highest BCUT2D eigenvalue weighted by atomic mass is 35.5. The zero-order valence-electron chi connectivity index (χ0n) is 13.9. The van der Waals surface area contributed by atoms with Crippen molar-refractivity contribution >= 4 is 47.9 Å². The molecule has 1 aromatic heterocycles. The smallest absolute Gasteiger partial charge is 0.224 e. The van der Waals surface area contributed by atoms with Gasteiger partial charge in [-0.15, -0.1) is 24.8 Å². The number of hydrogen-bond acceptors (Lipinski definition) is 4. The Bertz CT molecular complexity index is 652. The van der Waals surface area contributed by atoms with Gasteiger partial charge in [-0.3, -0.25) is 4.79 Å². The van der Waals surface area contributed by atoms with Crippen LogP contribution in [-0.2, 0) is 4.79 Å². The van der Waals surface area contributed by atoms with E-state index in [9.17, 15) is 4.79 Å². The molecule has 0 saturated heterocycles. The van der Waals surface area contributed by atoms with Crippen molar-refractivity contribution in [3.8, 4) is 0 Å². The Morgan fingerprint density at radius 3 is 2.44 bits per heavy atom. The summed E-state index contributed by atoms with van der Waals surface area (Å²) in [7, 11) is 0. The highest BCUT2D eigenvalue weighted by Crippen LogP contribution is 2.27. The number of amides is 1. The summed E-state index contributed by atoms with van der Waals surface area (Å²) < 4.78 is 0. The van der Waals surface area contributed by atoms with Crippen LogP contribution in [0.4, 0.5) is 17.2 Å². The third-order valence-electron chi connectivity index (χ3n) is 4.26. The summed E-state index contributed by atoms with van der Waals surface area (Å²) in [4.78, 5) is 16.4. The number of hydrogen-bond donors (Lipinski definition) is 3. The average Bonchev–Trinajstić information content (AvgIpc) is 2.95. The van der Waals surface area contributed by atoms with Crippen LogP contribution in [0.2, 0.25) is 0 Å². The van der Waals surface area contributed by atoms with Gasteiger partial charge in [-0.25, -0.2) is 4.98 Å². The summed E-state index contributed by atoms with van der Waals surface area (Å²) in [6.07, 6.45) is 5.36. The molecule has 0 radical (unpaired) electrons. The van der Waals surface area contributed by atoms with Crippen LogP contribution in [0.25, 0.3) is 0 Å². The van der Waals surface area contributed by atoms with Crippen molar-refractivity contribution in [2.45, 2.75) is 31.7 Å². The van der Waals surface area contributed by atoms with E-state index >= 15 is 0 Å². The first-order chi connectivity index (χ1) is 11.2. The van der Waals surface area contributed by atoms with Gasteiger partial charge in [0.1, 0.15) is 5.82 Å². The fourth-order valence-electron chi connectivity index (χ4n) is 2.98. The summed E-state index contributed by atoms with van der Waals surface area (Å²) in [5.74, 6) is 1.06. The molecule has 0 unspecified atom stereocenters. The molecule has 4 N–H and O–H groups in total. The molecule has 0 bridgehead atoms. The van der Waals surface area contributed by atoms with Crippen LogP contribution in [0.1, 0.15) is 25.7 Å². The SMILES string of the molecule is Cl.Cl.N[C@@H]1CCC[C@H]1CC(=O)Nc1ccc(Nc2ccccc2)nc1. The third kappa shape index (κ3) is 6.20. The minimum Gasteiger partial charge on any atom is -0.340 e. The van der Waals surface area contributed by atoms with E-state index < -0.39 is 0 Å². The van der Waals surface area contributed by atoms with Gasteiger partial charge in [0.2, 0.25) is 5.91 Å². The standard InChI is InChI=1S/C18H22N4O.2ClH/c19-16-8-4-5-13(16)11-18(23)22-15-9-10-17(20-12-15)21-14-6-2-1-3-7-14;;/h1-3,6-7,9-10,12-13,16H,4-5,8,11,19H2,(H,20,21)(H,22,23);2*1H/t13-,16+;;/m0../s1. The lowest BCUT2D eigenvalue weighted by Crippen LogP contribution is -2.28. The number of nitrogens with two attached hydrogens (primary N) is 1. The molecule has 1 aliphatic carbocycles. The number of aromatic nitrogens is 1. The van der Waals surface area contributed by atoms with Gasteiger partial charge in [-0.1, -0.05) is 24.6 Å². The van der Waals surface area contributed by atoms with Crippen molar-refractivity contribution in [1.29, 1.82) is 0 Å². The number of nitrogens with zero attached hydrogens (tertiary/aromatic N) is 1. The molecule has 136 valence electrons. The van der Waals surface area contributed by atoms with E-state index in [-0.39, 0.29) is 36.8 Å². The zero-order chi connectivity index (χ0) is 16.1. The maximum absolute atomic E-state index is 12.1. The van der Waals surface area contributed by atoms with Crippen molar-refractivity contribution in [3.05, 3.63) is 48.7 Å². The van der Waals surface area contributed by atoms with Gasteiger partial charge >= 0.3 is 0 Å². The second-order valence-electron chi connectivity index (χ2n) is 6.03. The molecule has 0 spiro atoms. The zero-order valence-corrected chi connectivity index (χ0v) is 15.5. The van der Waals surface area contributed by atoms with Crippen LogP contribution in [-0.4, -0.2) is 16.9 Å². The molecule has 1 fully saturated rings. The third-order valence-corrected chi connectivity index (χ3v) is 4.26. The van der Waals surface area contributed by atoms with Gasteiger partial charge < -0.3 is 16.4 Å². The van der Waals surface area contributed by atoms with Crippen molar-refractivity contribution < 1.29 is 4.79 Å². The Morgan fingerprint density at radius 1 is 1.08 bits per heavy atom. The lowest BCUT2D eigenvalue weighted by molar-refractivity contribution is -0.117. The number of pyridine rings is 1. The largest absolute Gasteiger partial charge is 0.340 e. The van der Waals surface area contributed by atoms with Gasteiger partial charge in [0, 0.05) is 18.2 Å². The molecular weight excluding hydrogens is 359 g/mol. The van der Waals surface area contributed by atoms with Gasteiger partial charge in [0.05, 0.1) is 11.9 Å². The Morgan fingerprint density at radius 2 is 1.84 bits per heavy atom. The van der Waals surface area contributed by atoms with Gasteiger partial charge in [-0.2, -0.15) is 0 Å². The van der Waals surface area contributed by atoms with E-state index in [0.29, 0.717) is 18.0 Å². The molecular formula is C18H24Cl2N4O. The predicted octanol–water partition coefficient (Wildman–Crippen LogP) is 4.12. The second-order valence-corrected chi connectivity index (χ2v) is 6.03. The Labute approximate surface area is 160 Å². The van der Waals surface area contributed by atoms with Gasteiger partial charge in [0.25, 0.3) is 0 Å². The number of para-hydroxylation sites is 1. The molecule has 7 heteroatoms. The maximum atomic E-state index is 12.1. The van der Waals surface area contributed by atoms with Crippen LogP contribution in [0.3, 0.4) is 0 Å². The molecule has 0 aliphatic heterocycles. The number of benzene rings is 1. The van der Waals surface area contributed by atoms with Crippen molar-refractivity contribution in [3.63, 3.8) is 0 Å².